The van der Waals surface area contributed by atoms with E-state index < -0.39 is 0 Å². The lowest BCUT2D eigenvalue weighted by Crippen LogP contribution is -2.53. The lowest BCUT2D eigenvalue weighted by molar-refractivity contribution is -0.00871. The Bertz CT molecular complexity index is 452. The molecule has 1 aromatic rings. The van der Waals surface area contributed by atoms with E-state index in [1.807, 2.05) is 6.07 Å². The molecule has 1 saturated heterocycles. The van der Waals surface area contributed by atoms with Gasteiger partial charge >= 0.3 is 0 Å². The highest BCUT2D eigenvalue weighted by Gasteiger charge is 2.34. The Morgan fingerprint density at radius 2 is 2.16 bits per heavy atom. The van der Waals surface area contributed by atoms with Crippen LogP contribution in [0.4, 0.5) is 5.69 Å². The van der Waals surface area contributed by atoms with Gasteiger partial charge in [0.2, 0.25) is 0 Å². The molecule has 2 nitrogen and oxygen atoms in total. The summed E-state index contributed by atoms with van der Waals surface area (Å²) in [4.78, 5) is 2.52. The lowest BCUT2D eigenvalue weighted by atomic mass is 9.89. The fraction of sp³-hybridized carbons (Fsp3) is 0.600. The Balaban J connectivity index is 1.93. The SMILES string of the molecule is Clc1ccc(CBr)c(N2CCOC3CCCCC32)c1. The van der Waals surface area contributed by atoms with Gasteiger partial charge in [0.25, 0.3) is 0 Å². The van der Waals surface area contributed by atoms with Gasteiger partial charge < -0.3 is 9.64 Å². The van der Waals surface area contributed by atoms with Gasteiger partial charge in [-0.05, 0) is 30.5 Å². The molecule has 3 rings (SSSR count). The molecule has 19 heavy (non-hydrogen) atoms. The summed E-state index contributed by atoms with van der Waals surface area (Å²) in [5.74, 6) is 0. The summed E-state index contributed by atoms with van der Waals surface area (Å²) in [7, 11) is 0. The Morgan fingerprint density at radius 3 is 3.00 bits per heavy atom. The van der Waals surface area contributed by atoms with Crippen molar-refractivity contribution in [2.45, 2.75) is 43.2 Å². The average molecular weight is 345 g/mol. The molecule has 2 unspecified atom stereocenters. The minimum atomic E-state index is 0.407. The Morgan fingerprint density at radius 1 is 1.32 bits per heavy atom. The van der Waals surface area contributed by atoms with Gasteiger partial charge in [0.1, 0.15) is 0 Å². The van der Waals surface area contributed by atoms with Crippen LogP contribution in [0.2, 0.25) is 5.02 Å². The molecule has 0 amide bonds. The monoisotopic (exact) mass is 343 g/mol. The van der Waals surface area contributed by atoms with Crippen LogP contribution in [0.3, 0.4) is 0 Å². The van der Waals surface area contributed by atoms with Crippen molar-refractivity contribution in [3.63, 3.8) is 0 Å². The molecule has 0 radical (unpaired) electrons. The van der Waals surface area contributed by atoms with Crippen LogP contribution in [0.1, 0.15) is 31.2 Å². The van der Waals surface area contributed by atoms with Crippen LogP contribution >= 0.6 is 27.5 Å². The van der Waals surface area contributed by atoms with Gasteiger partial charge in [0.05, 0.1) is 18.8 Å². The Hall–Kier alpha value is -0.250. The van der Waals surface area contributed by atoms with E-state index in [4.69, 9.17) is 16.3 Å². The standard InChI is InChI=1S/C15H19BrClNO/c16-10-11-5-6-12(17)9-14(11)18-7-8-19-15-4-2-1-3-13(15)18/h5-6,9,13,15H,1-4,7-8,10H2. The number of nitrogens with zero attached hydrogens (tertiary/aromatic N) is 1. The van der Waals surface area contributed by atoms with Crippen LogP contribution in [0, 0.1) is 0 Å². The summed E-state index contributed by atoms with van der Waals surface area (Å²) in [6.07, 6.45) is 5.45. The van der Waals surface area contributed by atoms with Gasteiger partial charge in [-0.25, -0.2) is 0 Å². The maximum Gasteiger partial charge on any atom is 0.0779 e. The first-order valence-corrected chi connectivity index (χ1v) is 8.52. The fourth-order valence-electron chi connectivity index (χ4n) is 3.31. The van der Waals surface area contributed by atoms with Crippen molar-refractivity contribution in [1.82, 2.24) is 0 Å². The summed E-state index contributed by atoms with van der Waals surface area (Å²) in [5.41, 5.74) is 2.60. The maximum atomic E-state index is 6.19. The number of halogens is 2. The van der Waals surface area contributed by atoms with Crippen LogP contribution in [0.15, 0.2) is 18.2 Å². The summed E-state index contributed by atoms with van der Waals surface area (Å²) in [5, 5.41) is 1.69. The number of benzene rings is 1. The molecular weight excluding hydrogens is 326 g/mol. The van der Waals surface area contributed by atoms with E-state index in [1.165, 1.54) is 36.9 Å². The zero-order valence-electron chi connectivity index (χ0n) is 10.9. The largest absolute Gasteiger partial charge is 0.374 e. The smallest absolute Gasteiger partial charge is 0.0779 e. The molecule has 0 N–H and O–H groups in total. The predicted octanol–water partition coefficient (Wildman–Crippen LogP) is 4.38. The molecule has 2 atom stereocenters. The van der Waals surface area contributed by atoms with E-state index in [2.05, 4.69) is 33.0 Å². The van der Waals surface area contributed by atoms with E-state index in [9.17, 15) is 0 Å². The van der Waals surface area contributed by atoms with Crippen LogP contribution in [0.5, 0.6) is 0 Å². The van der Waals surface area contributed by atoms with E-state index in [1.54, 1.807) is 0 Å². The lowest BCUT2D eigenvalue weighted by Gasteiger charge is -2.45. The number of rotatable bonds is 2. The normalized spacial score (nSPS) is 27.2. The molecule has 0 aromatic heterocycles. The van der Waals surface area contributed by atoms with Crippen molar-refractivity contribution in [2.24, 2.45) is 0 Å². The Kier molecular flexibility index (Phi) is 4.35. The number of hydrogen-bond donors (Lipinski definition) is 0. The molecule has 1 heterocycles. The van der Waals surface area contributed by atoms with Crippen LogP contribution in [0.25, 0.3) is 0 Å². The van der Waals surface area contributed by atoms with E-state index in [0.29, 0.717) is 12.1 Å². The summed E-state index contributed by atoms with van der Waals surface area (Å²) >= 11 is 9.78. The second kappa shape index (κ2) is 6.02. The average Bonchev–Trinajstić information content (AvgIpc) is 2.46. The first-order valence-electron chi connectivity index (χ1n) is 7.02. The molecule has 0 spiro atoms. The number of morpholine rings is 1. The van der Waals surface area contributed by atoms with Crippen molar-refractivity contribution in [3.8, 4) is 0 Å². The van der Waals surface area contributed by atoms with Gasteiger partial charge in [-0.2, -0.15) is 0 Å². The van der Waals surface area contributed by atoms with E-state index in [-0.39, 0.29) is 0 Å². The van der Waals surface area contributed by atoms with Crippen molar-refractivity contribution >= 4 is 33.2 Å². The van der Waals surface area contributed by atoms with E-state index in [0.717, 1.165) is 23.5 Å². The number of ether oxygens (including phenoxy) is 1. The van der Waals surface area contributed by atoms with Gasteiger partial charge in [-0.15, -0.1) is 0 Å². The Labute approximate surface area is 128 Å². The highest BCUT2D eigenvalue weighted by Crippen LogP contribution is 2.35. The molecule has 2 aliphatic rings. The van der Waals surface area contributed by atoms with Crippen molar-refractivity contribution in [3.05, 3.63) is 28.8 Å². The van der Waals surface area contributed by atoms with Crippen molar-refractivity contribution in [1.29, 1.82) is 0 Å². The molecule has 1 aromatic carbocycles. The molecule has 0 bridgehead atoms. The summed E-state index contributed by atoms with van der Waals surface area (Å²) < 4.78 is 5.95. The third kappa shape index (κ3) is 2.79. The summed E-state index contributed by atoms with van der Waals surface area (Å²) in [6, 6.07) is 6.73. The minimum Gasteiger partial charge on any atom is -0.374 e. The van der Waals surface area contributed by atoms with Gasteiger partial charge in [-0.3, -0.25) is 0 Å². The van der Waals surface area contributed by atoms with Gasteiger partial charge in [0, 0.05) is 22.6 Å². The molecule has 1 saturated carbocycles. The van der Waals surface area contributed by atoms with Crippen LogP contribution < -0.4 is 4.90 Å². The van der Waals surface area contributed by atoms with Crippen LogP contribution in [-0.4, -0.2) is 25.3 Å². The highest BCUT2D eigenvalue weighted by molar-refractivity contribution is 9.08. The van der Waals surface area contributed by atoms with Crippen molar-refractivity contribution in [2.75, 3.05) is 18.1 Å². The quantitative estimate of drug-likeness (QED) is 0.738. The zero-order chi connectivity index (χ0) is 13.2. The molecular formula is C15H19BrClNO. The molecule has 104 valence electrons. The maximum absolute atomic E-state index is 6.19. The molecule has 2 fully saturated rings. The number of hydrogen-bond acceptors (Lipinski definition) is 2. The molecule has 1 aliphatic carbocycles. The second-order valence-corrected chi connectivity index (χ2v) is 6.36. The first-order chi connectivity index (χ1) is 9.29. The third-order valence-corrected chi connectivity index (χ3v) is 5.07. The first kappa shape index (κ1) is 13.7. The predicted molar refractivity (Wildman–Crippen MR) is 83.4 cm³/mol. The fourth-order valence-corrected chi connectivity index (χ4v) is 3.95. The topological polar surface area (TPSA) is 12.5 Å². The number of fused-ring (bicyclic) bond motifs is 1. The number of alkyl halides is 1. The van der Waals surface area contributed by atoms with Crippen molar-refractivity contribution < 1.29 is 4.74 Å². The van der Waals surface area contributed by atoms with E-state index >= 15 is 0 Å². The minimum absolute atomic E-state index is 0.407. The zero-order valence-corrected chi connectivity index (χ0v) is 13.3. The highest BCUT2D eigenvalue weighted by atomic mass is 79.9. The van der Waals surface area contributed by atoms with Crippen LogP contribution in [-0.2, 0) is 10.1 Å². The summed E-state index contributed by atoms with van der Waals surface area (Å²) in [6.45, 7) is 1.80. The second-order valence-electron chi connectivity index (χ2n) is 5.36. The number of anilines is 1. The van der Waals surface area contributed by atoms with Gasteiger partial charge in [0.15, 0.2) is 0 Å². The third-order valence-electron chi connectivity index (χ3n) is 4.23. The van der Waals surface area contributed by atoms with Gasteiger partial charge in [-0.1, -0.05) is 46.4 Å². The molecule has 4 heteroatoms. The molecule has 1 aliphatic heterocycles.